The maximum Gasteiger partial charge on any atom is 0.257 e. The van der Waals surface area contributed by atoms with Gasteiger partial charge in [0.25, 0.3) is 5.91 Å². The van der Waals surface area contributed by atoms with Crippen molar-refractivity contribution in [3.63, 3.8) is 0 Å². The quantitative estimate of drug-likeness (QED) is 0.753. The lowest BCUT2D eigenvalue weighted by Crippen LogP contribution is -2.11. The predicted molar refractivity (Wildman–Crippen MR) is 92.8 cm³/mol. The molecule has 0 atom stereocenters. The number of methoxy groups -OCH3 is 2. The number of aromatic nitrogens is 2. The van der Waals surface area contributed by atoms with E-state index in [1.807, 2.05) is 6.07 Å². The van der Waals surface area contributed by atoms with Gasteiger partial charge in [0.15, 0.2) is 11.5 Å². The van der Waals surface area contributed by atoms with Crippen LogP contribution < -0.4 is 14.8 Å². The number of halogens is 1. The number of hydrogen-bond acceptors (Lipinski definition) is 6. The van der Waals surface area contributed by atoms with Crippen molar-refractivity contribution in [1.29, 1.82) is 0 Å². The minimum atomic E-state index is -0.400. The first kappa shape index (κ1) is 16.8. The number of carbonyl (C=O) groups is 1. The summed E-state index contributed by atoms with van der Waals surface area (Å²) in [6.07, 6.45) is 0. The van der Waals surface area contributed by atoms with Crippen molar-refractivity contribution in [2.24, 2.45) is 0 Å². The van der Waals surface area contributed by atoms with Gasteiger partial charge in [0, 0.05) is 11.1 Å². The SMILES string of the molecule is COc1ccc(-c2nnc(NC(=O)c3ccc(F)cc3)s2)cc1OC. The molecule has 3 rings (SSSR count). The van der Waals surface area contributed by atoms with Gasteiger partial charge < -0.3 is 9.47 Å². The van der Waals surface area contributed by atoms with E-state index < -0.39 is 5.82 Å². The molecule has 6 nitrogen and oxygen atoms in total. The van der Waals surface area contributed by atoms with Crippen LogP contribution in [0.1, 0.15) is 10.4 Å². The Morgan fingerprint density at radius 2 is 1.76 bits per heavy atom. The van der Waals surface area contributed by atoms with Crippen molar-refractivity contribution in [3.05, 3.63) is 53.8 Å². The number of nitrogens with one attached hydrogen (secondary N) is 1. The van der Waals surface area contributed by atoms with Crippen LogP contribution >= 0.6 is 11.3 Å². The molecule has 0 aliphatic heterocycles. The van der Waals surface area contributed by atoms with Crippen LogP contribution in [-0.2, 0) is 0 Å². The lowest BCUT2D eigenvalue weighted by molar-refractivity contribution is 0.102. The Morgan fingerprint density at radius 1 is 1.04 bits per heavy atom. The Bertz CT molecular complexity index is 896. The van der Waals surface area contributed by atoms with Crippen LogP contribution in [0.5, 0.6) is 11.5 Å². The molecule has 0 saturated heterocycles. The van der Waals surface area contributed by atoms with E-state index in [4.69, 9.17) is 9.47 Å². The van der Waals surface area contributed by atoms with Gasteiger partial charge in [-0.15, -0.1) is 10.2 Å². The van der Waals surface area contributed by atoms with Crippen LogP contribution in [0.2, 0.25) is 0 Å². The van der Waals surface area contributed by atoms with Crippen molar-refractivity contribution < 1.29 is 18.7 Å². The normalized spacial score (nSPS) is 10.4. The number of nitrogens with zero attached hydrogens (tertiary/aromatic N) is 2. The fourth-order valence-electron chi connectivity index (χ4n) is 2.13. The molecule has 1 heterocycles. The second-order valence-corrected chi connectivity index (χ2v) is 5.92. The maximum atomic E-state index is 12.9. The maximum absolute atomic E-state index is 12.9. The largest absolute Gasteiger partial charge is 0.493 e. The molecule has 3 aromatic rings. The van der Waals surface area contributed by atoms with Crippen LogP contribution in [-0.4, -0.2) is 30.3 Å². The summed E-state index contributed by atoms with van der Waals surface area (Å²) in [5.41, 5.74) is 1.13. The first-order valence-corrected chi connectivity index (χ1v) is 8.05. The molecule has 0 aliphatic rings. The van der Waals surface area contributed by atoms with Gasteiger partial charge in [-0.1, -0.05) is 11.3 Å². The molecule has 8 heteroatoms. The number of ether oxygens (including phenoxy) is 2. The molecule has 1 aromatic heterocycles. The van der Waals surface area contributed by atoms with Gasteiger partial charge in [0.1, 0.15) is 10.8 Å². The third kappa shape index (κ3) is 3.74. The highest BCUT2D eigenvalue weighted by atomic mass is 32.1. The number of benzene rings is 2. The molecular formula is C17H14FN3O3S. The van der Waals surface area contributed by atoms with E-state index in [1.54, 1.807) is 26.4 Å². The summed E-state index contributed by atoms with van der Waals surface area (Å²) < 4.78 is 23.4. The van der Waals surface area contributed by atoms with Gasteiger partial charge >= 0.3 is 0 Å². The van der Waals surface area contributed by atoms with Crippen LogP contribution in [0.25, 0.3) is 10.6 Å². The van der Waals surface area contributed by atoms with Gasteiger partial charge in [-0.3, -0.25) is 10.1 Å². The van der Waals surface area contributed by atoms with Gasteiger partial charge in [0.05, 0.1) is 14.2 Å². The van der Waals surface area contributed by atoms with E-state index in [1.165, 1.54) is 35.6 Å². The van der Waals surface area contributed by atoms with Gasteiger partial charge in [-0.05, 0) is 42.5 Å². The topological polar surface area (TPSA) is 73.3 Å². The number of carbonyl (C=O) groups excluding carboxylic acids is 1. The summed E-state index contributed by atoms with van der Waals surface area (Å²) in [5, 5.41) is 11.7. The molecule has 0 radical (unpaired) electrons. The predicted octanol–water partition coefficient (Wildman–Crippen LogP) is 3.61. The smallest absolute Gasteiger partial charge is 0.257 e. The Morgan fingerprint density at radius 3 is 2.44 bits per heavy atom. The highest BCUT2D eigenvalue weighted by molar-refractivity contribution is 7.18. The molecule has 25 heavy (non-hydrogen) atoms. The van der Waals surface area contributed by atoms with Crippen LogP contribution in [0.4, 0.5) is 9.52 Å². The second kappa shape index (κ2) is 7.27. The summed E-state index contributed by atoms with van der Waals surface area (Å²) in [6.45, 7) is 0. The number of rotatable bonds is 5. The van der Waals surface area contributed by atoms with Gasteiger partial charge in [0.2, 0.25) is 5.13 Å². The van der Waals surface area contributed by atoms with Crippen molar-refractivity contribution in [3.8, 4) is 22.1 Å². The fourth-order valence-corrected chi connectivity index (χ4v) is 2.87. The Labute approximate surface area is 147 Å². The third-order valence-corrected chi connectivity index (χ3v) is 4.27. The summed E-state index contributed by atoms with van der Waals surface area (Å²) in [6, 6.07) is 10.6. The summed E-state index contributed by atoms with van der Waals surface area (Å²) in [4.78, 5) is 12.1. The Balaban J connectivity index is 1.78. The highest BCUT2D eigenvalue weighted by Crippen LogP contribution is 2.34. The molecule has 0 fully saturated rings. The van der Waals surface area contributed by atoms with E-state index in [0.29, 0.717) is 27.2 Å². The van der Waals surface area contributed by atoms with E-state index in [-0.39, 0.29) is 5.91 Å². The summed E-state index contributed by atoms with van der Waals surface area (Å²) in [7, 11) is 3.11. The average Bonchev–Trinajstić information content (AvgIpc) is 3.10. The molecule has 0 unspecified atom stereocenters. The molecule has 0 aliphatic carbocycles. The minimum absolute atomic E-state index is 0.337. The average molecular weight is 359 g/mol. The molecule has 1 N–H and O–H groups in total. The van der Waals surface area contributed by atoms with Gasteiger partial charge in [-0.2, -0.15) is 0 Å². The number of amides is 1. The lowest BCUT2D eigenvalue weighted by atomic mass is 10.2. The van der Waals surface area contributed by atoms with E-state index in [9.17, 15) is 9.18 Å². The molecule has 1 amide bonds. The van der Waals surface area contributed by atoms with E-state index in [0.717, 1.165) is 5.56 Å². The fraction of sp³-hybridized carbons (Fsp3) is 0.118. The van der Waals surface area contributed by atoms with E-state index in [2.05, 4.69) is 15.5 Å². The summed E-state index contributed by atoms with van der Waals surface area (Å²) >= 11 is 1.22. The van der Waals surface area contributed by atoms with Crippen molar-refractivity contribution in [2.75, 3.05) is 19.5 Å². The molecule has 2 aromatic carbocycles. The van der Waals surface area contributed by atoms with Crippen LogP contribution in [0.15, 0.2) is 42.5 Å². The van der Waals surface area contributed by atoms with Crippen molar-refractivity contribution in [2.45, 2.75) is 0 Å². The van der Waals surface area contributed by atoms with Crippen LogP contribution in [0, 0.1) is 5.82 Å². The Hall–Kier alpha value is -3.00. The number of hydrogen-bond donors (Lipinski definition) is 1. The van der Waals surface area contributed by atoms with Crippen LogP contribution in [0.3, 0.4) is 0 Å². The Kier molecular flexibility index (Phi) is 4.90. The zero-order chi connectivity index (χ0) is 17.8. The monoisotopic (exact) mass is 359 g/mol. The molecule has 0 spiro atoms. The third-order valence-electron chi connectivity index (χ3n) is 3.38. The summed E-state index contributed by atoms with van der Waals surface area (Å²) in [5.74, 6) is 0.408. The zero-order valence-electron chi connectivity index (χ0n) is 13.4. The minimum Gasteiger partial charge on any atom is -0.493 e. The molecular weight excluding hydrogens is 345 g/mol. The zero-order valence-corrected chi connectivity index (χ0v) is 14.3. The number of anilines is 1. The van der Waals surface area contributed by atoms with Crippen molar-refractivity contribution >= 4 is 22.4 Å². The molecule has 0 bridgehead atoms. The first-order chi connectivity index (χ1) is 12.1. The standard InChI is InChI=1S/C17H14FN3O3S/c1-23-13-8-5-11(9-14(13)24-2)16-20-21-17(25-16)19-15(22)10-3-6-12(18)7-4-10/h3-9H,1-2H3,(H,19,21,22). The van der Waals surface area contributed by atoms with E-state index >= 15 is 0 Å². The first-order valence-electron chi connectivity index (χ1n) is 7.23. The van der Waals surface area contributed by atoms with Crippen molar-refractivity contribution in [1.82, 2.24) is 10.2 Å². The molecule has 128 valence electrons. The molecule has 0 saturated carbocycles. The highest BCUT2D eigenvalue weighted by Gasteiger charge is 2.13. The second-order valence-electron chi connectivity index (χ2n) is 4.94. The van der Waals surface area contributed by atoms with Gasteiger partial charge in [-0.25, -0.2) is 4.39 Å². The lowest BCUT2D eigenvalue weighted by Gasteiger charge is -2.07.